The van der Waals surface area contributed by atoms with Crippen LogP contribution in [0.1, 0.15) is 49.0 Å². The second-order valence-electron chi connectivity index (χ2n) is 4.65. The highest BCUT2D eigenvalue weighted by molar-refractivity contribution is 5.92. The lowest BCUT2D eigenvalue weighted by Gasteiger charge is -2.17. The number of carboxylic acid groups (broad SMARTS) is 1. The summed E-state index contributed by atoms with van der Waals surface area (Å²) in [6.07, 6.45) is 4.21. The van der Waals surface area contributed by atoms with Crippen LogP contribution in [0.3, 0.4) is 0 Å². The maximum atomic E-state index is 11.1. The Bertz CT molecular complexity index is 609. The summed E-state index contributed by atoms with van der Waals surface area (Å²) in [7, 11) is 0. The summed E-state index contributed by atoms with van der Waals surface area (Å²) in [6.45, 7) is 5.91. The zero-order valence-electron chi connectivity index (χ0n) is 11.5. The first-order valence-electron chi connectivity index (χ1n) is 6.20. The standard InChI is InChI=1S/C12H16N6O2/c1-7(2)18-6-15-17-11(18)8(3)16-10-9(12(19)20)4-13-5-14-10/h4-8H,1-3H3,(H,19,20)(H,13,14,16). The fourth-order valence-corrected chi connectivity index (χ4v) is 1.83. The maximum Gasteiger partial charge on any atom is 0.341 e. The first-order valence-corrected chi connectivity index (χ1v) is 6.20. The van der Waals surface area contributed by atoms with Crippen molar-refractivity contribution in [1.29, 1.82) is 0 Å². The van der Waals surface area contributed by atoms with Gasteiger partial charge in [-0.05, 0) is 20.8 Å². The molecule has 0 radical (unpaired) electrons. The number of nitrogens with zero attached hydrogens (tertiary/aromatic N) is 5. The summed E-state index contributed by atoms with van der Waals surface area (Å²) in [4.78, 5) is 18.8. The minimum absolute atomic E-state index is 0.0231. The van der Waals surface area contributed by atoms with Crippen LogP contribution < -0.4 is 5.32 Å². The lowest BCUT2D eigenvalue weighted by Crippen LogP contribution is -2.17. The number of anilines is 1. The van der Waals surface area contributed by atoms with Crippen LogP contribution >= 0.6 is 0 Å². The summed E-state index contributed by atoms with van der Waals surface area (Å²) in [5, 5.41) is 20.1. The molecule has 0 amide bonds. The highest BCUT2D eigenvalue weighted by Gasteiger charge is 2.18. The average Bonchev–Trinajstić information content (AvgIpc) is 2.88. The number of hydrogen-bond acceptors (Lipinski definition) is 6. The van der Waals surface area contributed by atoms with Crippen molar-refractivity contribution in [3.8, 4) is 0 Å². The van der Waals surface area contributed by atoms with Gasteiger partial charge in [-0.1, -0.05) is 0 Å². The Kier molecular flexibility index (Phi) is 3.92. The summed E-state index contributed by atoms with van der Waals surface area (Å²) in [5.41, 5.74) is 0.0231. The normalized spacial score (nSPS) is 12.4. The van der Waals surface area contributed by atoms with Gasteiger partial charge in [0.1, 0.15) is 24.0 Å². The van der Waals surface area contributed by atoms with Crippen molar-refractivity contribution in [2.75, 3.05) is 5.32 Å². The lowest BCUT2D eigenvalue weighted by atomic mass is 10.2. The maximum absolute atomic E-state index is 11.1. The molecule has 0 saturated heterocycles. The second-order valence-corrected chi connectivity index (χ2v) is 4.65. The van der Waals surface area contributed by atoms with Crippen LogP contribution in [0.4, 0.5) is 5.82 Å². The minimum Gasteiger partial charge on any atom is -0.477 e. The molecule has 2 rings (SSSR count). The van der Waals surface area contributed by atoms with E-state index in [2.05, 4.69) is 25.5 Å². The Labute approximate surface area is 115 Å². The molecule has 1 atom stereocenters. The molecule has 0 aliphatic heterocycles. The number of carboxylic acids is 1. The Morgan fingerprint density at radius 2 is 2.15 bits per heavy atom. The second kappa shape index (κ2) is 5.64. The van der Waals surface area contributed by atoms with E-state index >= 15 is 0 Å². The number of aromatic carboxylic acids is 1. The molecule has 0 aliphatic rings. The molecule has 8 nitrogen and oxygen atoms in total. The smallest absolute Gasteiger partial charge is 0.341 e. The SMILES string of the molecule is CC(Nc1ncncc1C(=O)O)c1nncn1C(C)C. The van der Waals surface area contributed by atoms with Crippen LogP contribution in [-0.2, 0) is 0 Å². The van der Waals surface area contributed by atoms with Crippen LogP contribution in [0.25, 0.3) is 0 Å². The van der Waals surface area contributed by atoms with E-state index in [4.69, 9.17) is 5.11 Å². The molecular weight excluding hydrogens is 260 g/mol. The van der Waals surface area contributed by atoms with Crippen molar-refractivity contribution in [1.82, 2.24) is 24.7 Å². The Morgan fingerprint density at radius 1 is 1.40 bits per heavy atom. The predicted molar refractivity (Wildman–Crippen MR) is 71.4 cm³/mol. The third-order valence-corrected chi connectivity index (χ3v) is 2.84. The number of aromatic nitrogens is 5. The fraction of sp³-hybridized carbons (Fsp3) is 0.417. The van der Waals surface area contributed by atoms with Crippen molar-refractivity contribution >= 4 is 11.8 Å². The third kappa shape index (κ3) is 2.73. The zero-order chi connectivity index (χ0) is 14.7. The van der Waals surface area contributed by atoms with Gasteiger partial charge in [0.05, 0.1) is 6.04 Å². The van der Waals surface area contributed by atoms with Crippen LogP contribution in [-0.4, -0.2) is 35.8 Å². The van der Waals surface area contributed by atoms with Gasteiger partial charge in [-0.3, -0.25) is 0 Å². The van der Waals surface area contributed by atoms with Gasteiger partial charge in [0, 0.05) is 12.2 Å². The molecular formula is C12H16N6O2. The van der Waals surface area contributed by atoms with Gasteiger partial charge in [0.15, 0.2) is 5.82 Å². The van der Waals surface area contributed by atoms with E-state index in [-0.39, 0.29) is 23.5 Å². The number of nitrogens with one attached hydrogen (secondary N) is 1. The molecule has 20 heavy (non-hydrogen) atoms. The van der Waals surface area contributed by atoms with Crippen molar-refractivity contribution < 1.29 is 9.90 Å². The molecule has 2 heterocycles. The van der Waals surface area contributed by atoms with Crippen LogP contribution in [0, 0.1) is 0 Å². The van der Waals surface area contributed by atoms with Gasteiger partial charge in [-0.2, -0.15) is 0 Å². The number of rotatable bonds is 5. The Morgan fingerprint density at radius 3 is 2.80 bits per heavy atom. The summed E-state index contributed by atoms with van der Waals surface area (Å²) >= 11 is 0. The first-order chi connectivity index (χ1) is 9.50. The zero-order valence-corrected chi connectivity index (χ0v) is 11.5. The molecule has 2 N–H and O–H groups in total. The van der Waals surface area contributed by atoms with E-state index in [1.165, 1.54) is 12.5 Å². The van der Waals surface area contributed by atoms with E-state index in [1.807, 2.05) is 25.3 Å². The average molecular weight is 276 g/mol. The molecule has 0 spiro atoms. The molecule has 0 saturated carbocycles. The van der Waals surface area contributed by atoms with E-state index in [0.717, 1.165) is 5.82 Å². The van der Waals surface area contributed by atoms with Crippen molar-refractivity contribution in [2.24, 2.45) is 0 Å². The van der Waals surface area contributed by atoms with Crippen LogP contribution in [0.5, 0.6) is 0 Å². The lowest BCUT2D eigenvalue weighted by molar-refractivity contribution is 0.0697. The fourth-order valence-electron chi connectivity index (χ4n) is 1.83. The van der Waals surface area contributed by atoms with E-state index in [1.54, 1.807) is 6.33 Å². The van der Waals surface area contributed by atoms with Crippen LogP contribution in [0.15, 0.2) is 18.9 Å². The van der Waals surface area contributed by atoms with Gasteiger partial charge < -0.3 is 15.0 Å². The van der Waals surface area contributed by atoms with Crippen molar-refractivity contribution in [2.45, 2.75) is 32.9 Å². The molecule has 1 unspecified atom stereocenters. The van der Waals surface area contributed by atoms with E-state index < -0.39 is 5.97 Å². The summed E-state index contributed by atoms with van der Waals surface area (Å²) in [5.74, 6) is -0.0983. The molecule has 0 aliphatic carbocycles. The molecule has 0 aromatic carbocycles. The Hall–Kier alpha value is -2.51. The van der Waals surface area contributed by atoms with Crippen LogP contribution in [0.2, 0.25) is 0 Å². The third-order valence-electron chi connectivity index (χ3n) is 2.84. The number of hydrogen-bond donors (Lipinski definition) is 2. The summed E-state index contributed by atoms with van der Waals surface area (Å²) in [6, 6.07) is -0.0125. The monoisotopic (exact) mass is 276 g/mol. The minimum atomic E-state index is -1.08. The van der Waals surface area contributed by atoms with Gasteiger partial charge in [-0.15, -0.1) is 10.2 Å². The van der Waals surface area contributed by atoms with Gasteiger partial charge in [0.2, 0.25) is 0 Å². The highest BCUT2D eigenvalue weighted by atomic mass is 16.4. The molecule has 2 aromatic heterocycles. The molecule has 106 valence electrons. The predicted octanol–water partition coefficient (Wildman–Crippen LogP) is 1.52. The van der Waals surface area contributed by atoms with Crippen molar-refractivity contribution in [3.05, 3.63) is 30.2 Å². The molecule has 0 fully saturated rings. The molecule has 2 aromatic rings. The first kappa shape index (κ1) is 13.9. The number of carbonyl (C=O) groups is 1. The largest absolute Gasteiger partial charge is 0.477 e. The van der Waals surface area contributed by atoms with E-state index in [9.17, 15) is 4.79 Å². The van der Waals surface area contributed by atoms with Gasteiger partial charge in [0.25, 0.3) is 0 Å². The molecule has 0 bridgehead atoms. The quantitative estimate of drug-likeness (QED) is 0.852. The highest BCUT2D eigenvalue weighted by Crippen LogP contribution is 2.20. The molecule has 8 heteroatoms. The van der Waals surface area contributed by atoms with Crippen molar-refractivity contribution in [3.63, 3.8) is 0 Å². The van der Waals surface area contributed by atoms with Gasteiger partial charge >= 0.3 is 5.97 Å². The van der Waals surface area contributed by atoms with Gasteiger partial charge in [-0.25, -0.2) is 14.8 Å². The Balaban J connectivity index is 2.26. The van der Waals surface area contributed by atoms with E-state index in [0.29, 0.717) is 0 Å². The topological polar surface area (TPSA) is 106 Å². The summed E-state index contributed by atoms with van der Waals surface area (Å²) < 4.78 is 1.92.